The second kappa shape index (κ2) is 7.54. The molecular weight excluding hydrogens is 432 g/mol. The fourth-order valence-corrected chi connectivity index (χ4v) is 4.38. The quantitative estimate of drug-likeness (QED) is 0.314. The Morgan fingerprint density at radius 1 is 1.28 bits per heavy atom. The number of nitrogens with zero attached hydrogens (tertiary/aromatic N) is 5. The van der Waals surface area contributed by atoms with Crippen LogP contribution in [0.25, 0.3) is 32.0 Å². The molecule has 1 amide bonds. The molecule has 0 aliphatic carbocycles. The number of imidazole rings is 1. The number of nitrogens with one attached hydrogen (secondary N) is 1. The average Bonchev–Trinajstić information content (AvgIpc) is 3.51. The van der Waals surface area contributed by atoms with Crippen LogP contribution in [0.3, 0.4) is 0 Å². The molecule has 0 aliphatic heterocycles. The summed E-state index contributed by atoms with van der Waals surface area (Å²) in [5.41, 5.74) is 4.28. The van der Waals surface area contributed by atoms with Crippen LogP contribution in [0.15, 0.2) is 53.3 Å². The lowest BCUT2D eigenvalue weighted by molar-refractivity contribution is -0.402. The number of hydrogen-bond donors (Lipinski definition) is 1. The van der Waals surface area contributed by atoms with Gasteiger partial charge >= 0.3 is 5.88 Å². The van der Waals surface area contributed by atoms with Gasteiger partial charge in [-0.05, 0) is 24.6 Å². The van der Waals surface area contributed by atoms with Gasteiger partial charge in [-0.15, -0.1) is 0 Å². The van der Waals surface area contributed by atoms with Gasteiger partial charge in [-0.2, -0.15) is 0 Å². The molecule has 160 valence electrons. The number of hydrogen-bond acceptors (Lipinski definition) is 8. The Bertz CT molecular complexity index is 1500. The number of benzene rings is 1. The van der Waals surface area contributed by atoms with Crippen molar-refractivity contribution in [3.8, 4) is 10.6 Å². The molecule has 0 aliphatic rings. The molecule has 0 radical (unpaired) electrons. The molecule has 1 atom stereocenters. The zero-order valence-electron chi connectivity index (χ0n) is 17.0. The highest BCUT2D eigenvalue weighted by Crippen LogP contribution is 2.33. The smallest absolute Gasteiger partial charge is 0.395 e. The SMILES string of the molecule is C[C@H](NC(=O)c1ccc([N+](=O)[O-])o1)c1cccc(-c2nc3c(ncc4ncn(C)c43)s2)c1. The van der Waals surface area contributed by atoms with Crippen LogP contribution in [0.4, 0.5) is 5.88 Å². The van der Waals surface area contributed by atoms with Gasteiger partial charge < -0.3 is 14.3 Å². The predicted molar refractivity (Wildman–Crippen MR) is 118 cm³/mol. The molecule has 4 heterocycles. The van der Waals surface area contributed by atoms with Crippen molar-refractivity contribution in [2.45, 2.75) is 13.0 Å². The Morgan fingerprint density at radius 2 is 2.12 bits per heavy atom. The third-order valence-corrected chi connectivity index (χ3v) is 6.09. The van der Waals surface area contributed by atoms with Crippen LogP contribution >= 0.6 is 11.3 Å². The minimum absolute atomic E-state index is 0.114. The molecule has 5 aromatic rings. The summed E-state index contributed by atoms with van der Waals surface area (Å²) in [6, 6.07) is 9.76. The molecule has 32 heavy (non-hydrogen) atoms. The van der Waals surface area contributed by atoms with E-state index in [9.17, 15) is 14.9 Å². The van der Waals surface area contributed by atoms with Crippen molar-refractivity contribution in [1.29, 1.82) is 0 Å². The third kappa shape index (κ3) is 3.38. The zero-order chi connectivity index (χ0) is 22.4. The highest BCUT2D eigenvalue weighted by Gasteiger charge is 2.20. The van der Waals surface area contributed by atoms with Crippen LogP contribution < -0.4 is 5.32 Å². The summed E-state index contributed by atoms with van der Waals surface area (Å²) >= 11 is 1.48. The van der Waals surface area contributed by atoms with Gasteiger partial charge in [0.25, 0.3) is 5.91 Å². The van der Waals surface area contributed by atoms with E-state index in [2.05, 4.69) is 15.3 Å². The van der Waals surface area contributed by atoms with Gasteiger partial charge in [-0.3, -0.25) is 14.9 Å². The lowest BCUT2D eigenvalue weighted by Gasteiger charge is -2.14. The number of aryl methyl sites for hydroxylation is 1. The van der Waals surface area contributed by atoms with E-state index in [-0.39, 0.29) is 11.8 Å². The number of rotatable bonds is 5. The van der Waals surface area contributed by atoms with Gasteiger partial charge in [0.15, 0.2) is 5.76 Å². The Hall–Kier alpha value is -4.12. The van der Waals surface area contributed by atoms with Gasteiger partial charge in [0, 0.05) is 12.6 Å². The lowest BCUT2D eigenvalue weighted by atomic mass is 10.1. The number of carbonyl (C=O) groups is 1. The molecule has 10 nitrogen and oxygen atoms in total. The second-order valence-electron chi connectivity index (χ2n) is 7.24. The summed E-state index contributed by atoms with van der Waals surface area (Å²) in [6.45, 7) is 1.83. The van der Waals surface area contributed by atoms with Crippen LogP contribution in [0.2, 0.25) is 0 Å². The maximum absolute atomic E-state index is 12.4. The number of thiazole rings is 1. The minimum atomic E-state index is -0.685. The average molecular weight is 448 g/mol. The normalized spacial score (nSPS) is 12.3. The van der Waals surface area contributed by atoms with E-state index >= 15 is 0 Å². The molecule has 1 N–H and O–H groups in total. The van der Waals surface area contributed by atoms with Crippen LogP contribution in [-0.4, -0.2) is 30.3 Å². The second-order valence-corrected chi connectivity index (χ2v) is 8.21. The topological polar surface area (TPSA) is 129 Å². The Morgan fingerprint density at radius 3 is 2.91 bits per heavy atom. The number of nitro groups is 1. The first-order chi connectivity index (χ1) is 15.4. The lowest BCUT2D eigenvalue weighted by Crippen LogP contribution is -2.26. The number of fused-ring (bicyclic) bond motifs is 3. The standard InChI is InChI=1S/C21H16N6O4S/c1-11(24-19(28)15-6-7-16(31-15)27(29)30)12-4-3-5-13(8-12)20-25-17-18-14(23-10-26(18)2)9-22-21(17)32-20/h3-11H,1-2H3,(H,24,28)/t11-/m0/s1. The summed E-state index contributed by atoms with van der Waals surface area (Å²) in [5.74, 6) is -1.12. The molecule has 1 aromatic carbocycles. The van der Waals surface area contributed by atoms with E-state index in [1.54, 1.807) is 12.5 Å². The van der Waals surface area contributed by atoms with Crippen LogP contribution in [-0.2, 0) is 7.05 Å². The Labute approximate surface area is 184 Å². The van der Waals surface area contributed by atoms with E-state index in [0.29, 0.717) is 0 Å². The van der Waals surface area contributed by atoms with Crippen LogP contribution in [0, 0.1) is 10.1 Å². The van der Waals surface area contributed by atoms with E-state index in [0.717, 1.165) is 43.6 Å². The first-order valence-corrected chi connectivity index (χ1v) is 10.4. The fourth-order valence-electron chi connectivity index (χ4n) is 3.47. The van der Waals surface area contributed by atoms with Gasteiger partial charge in [-0.1, -0.05) is 29.5 Å². The number of amides is 1. The molecule has 0 bridgehead atoms. The fraction of sp³-hybridized carbons (Fsp3) is 0.143. The van der Waals surface area contributed by atoms with E-state index < -0.39 is 16.7 Å². The van der Waals surface area contributed by atoms with E-state index in [4.69, 9.17) is 9.40 Å². The van der Waals surface area contributed by atoms with Gasteiger partial charge in [0.1, 0.15) is 25.8 Å². The maximum Gasteiger partial charge on any atom is 0.433 e. The van der Waals surface area contributed by atoms with Gasteiger partial charge in [0.2, 0.25) is 0 Å². The maximum atomic E-state index is 12.4. The molecular formula is C21H16N6O4S. The Kier molecular flexibility index (Phi) is 4.67. The highest BCUT2D eigenvalue weighted by molar-refractivity contribution is 7.21. The molecule has 0 saturated heterocycles. The summed E-state index contributed by atoms with van der Waals surface area (Å²) in [7, 11) is 1.92. The van der Waals surface area contributed by atoms with Crippen molar-refractivity contribution in [2.24, 2.45) is 7.05 Å². The summed E-state index contributed by atoms with van der Waals surface area (Å²) in [5, 5.41) is 14.4. The number of carbonyl (C=O) groups excluding carboxylic acids is 1. The summed E-state index contributed by atoms with van der Waals surface area (Å²) in [6.07, 6.45) is 3.48. The van der Waals surface area contributed by atoms with Crippen molar-refractivity contribution in [1.82, 2.24) is 24.8 Å². The first kappa shape index (κ1) is 19.8. The van der Waals surface area contributed by atoms with Gasteiger partial charge in [0.05, 0.1) is 30.1 Å². The van der Waals surface area contributed by atoms with Crippen LogP contribution in [0.5, 0.6) is 0 Å². The molecule has 0 unspecified atom stereocenters. The molecule has 11 heteroatoms. The summed E-state index contributed by atoms with van der Waals surface area (Å²) in [4.78, 5) is 36.9. The largest absolute Gasteiger partial charge is 0.433 e. The highest BCUT2D eigenvalue weighted by atomic mass is 32.1. The molecule has 0 saturated carbocycles. The third-order valence-electron chi connectivity index (χ3n) is 5.08. The number of pyridine rings is 1. The van der Waals surface area contributed by atoms with Crippen molar-refractivity contribution < 1.29 is 14.1 Å². The molecule has 0 fully saturated rings. The Balaban J connectivity index is 1.42. The monoisotopic (exact) mass is 448 g/mol. The van der Waals surface area contributed by atoms with Crippen molar-refractivity contribution in [3.63, 3.8) is 0 Å². The van der Waals surface area contributed by atoms with Crippen molar-refractivity contribution in [2.75, 3.05) is 0 Å². The number of aromatic nitrogens is 4. The summed E-state index contributed by atoms with van der Waals surface area (Å²) < 4.78 is 6.90. The predicted octanol–water partition coefficient (Wildman–Crippen LogP) is 4.24. The minimum Gasteiger partial charge on any atom is -0.395 e. The van der Waals surface area contributed by atoms with Crippen LogP contribution in [0.1, 0.15) is 29.1 Å². The molecule has 4 aromatic heterocycles. The molecule has 0 spiro atoms. The first-order valence-electron chi connectivity index (χ1n) is 9.62. The van der Waals surface area contributed by atoms with E-state index in [1.807, 2.05) is 42.8 Å². The van der Waals surface area contributed by atoms with E-state index in [1.165, 1.54) is 17.4 Å². The molecule has 5 rings (SSSR count). The number of furan rings is 1. The van der Waals surface area contributed by atoms with Crippen molar-refractivity contribution >= 4 is 44.5 Å². The van der Waals surface area contributed by atoms with Gasteiger partial charge in [-0.25, -0.2) is 15.0 Å². The zero-order valence-corrected chi connectivity index (χ0v) is 17.8. The van der Waals surface area contributed by atoms with Crippen molar-refractivity contribution in [3.05, 3.63) is 70.4 Å².